The fourth-order valence-electron chi connectivity index (χ4n) is 2.62. The molecule has 8 nitrogen and oxygen atoms in total. The van der Waals surface area contributed by atoms with Gasteiger partial charge in [0.05, 0.1) is 24.7 Å². The molecule has 0 aromatic heterocycles. The second kappa shape index (κ2) is 7.63. The third-order valence-electron chi connectivity index (χ3n) is 3.91. The molecule has 2 aromatic rings. The summed E-state index contributed by atoms with van der Waals surface area (Å²) in [4.78, 5) is 10.9. The number of nitrogen functional groups attached to an aromatic ring is 1. The number of primary sulfonamides is 1. The summed E-state index contributed by atoms with van der Waals surface area (Å²) in [6.07, 6.45) is 0.701. The van der Waals surface area contributed by atoms with Crippen molar-refractivity contribution in [2.24, 2.45) is 5.14 Å². The number of hydrogen-bond donors (Lipinski definition) is 3. The Kier molecular flexibility index (Phi) is 5.73. The second-order valence-corrected chi connectivity index (χ2v) is 7.11. The van der Waals surface area contributed by atoms with E-state index in [0.717, 1.165) is 11.6 Å². The molecule has 2 aromatic carbocycles. The van der Waals surface area contributed by atoms with Crippen molar-refractivity contribution >= 4 is 21.7 Å². The van der Waals surface area contributed by atoms with Crippen LogP contribution in [0.2, 0.25) is 0 Å². The van der Waals surface area contributed by atoms with E-state index in [0.29, 0.717) is 17.9 Å². The Labute approximate surface area is 151 Å². The highest BCUT2D eigenvalue weighted by Gasteiger charge is 2.20. The Morgan fingerprint density at radius 1 is 1.08 bits per heavy atom. The number of ether oxygens (including phenoxy) is 2. The van der Waals surface area contributed by atoms with E-state index in [2.05, 4.69) is 0 Å². The highest BCUT2D eigenvalue weighted by atomic mass is 32.2. The van der Waals surface area contributed by atoms with Crippen LogP contribution in [0, 0.1) is 0 Å². The highest BCUT2D eigenvalue weighted by Crippen LogP contribution is 2.29. The first kappa shape index (κ1) is 19.5. The van der Waals surface area contributed by atoms with Gasteiger partial charge in [0.2, 0.25) is 10.0 Å². The van der Waals surface area contributed by atoms with Crippen LogP contribution in [0.15, 0.2) is 35.2 Å². The maximum Gasteiger partial charge on any atom is 0.335 e. The molecule has 9 heteroatoms. The number of carboxylic acids is 1. The number of benzene rings is 2. The van der Waals surface area contributed by atoms with Crippen molar-refractivity contribution in [3.05, 3.63) is 47.0 Å². The van der Waals surface area contributed by atoms with Crippen LogP contribution in [0.1, 0.15) is 21.5 Å². The topological polar surface area (TPSA) is 142 Å². The monoisotopic (exact) mass is 380 g/mol. The van der Waals surface area contributed by atoms with Crippen molar-refractivity contribution in [2.45, 2.75) is 17.7 Å². The molecule has 5 N–H and O–H groups in total. The molecule has 0 bridgehead atoms. The van der Waals surface area contributed by atoms with Crippen LogP contribution in [-0.2, 0) is 22.9 Å². The first-order valence-corrected chi connectivity index (χ1v) is 9.11. The number of rotatable bonds is 7. The zero-order valence-electron chi connectivity index (χ0n) is 14.4. The smallest absolute Gasteiger partial charge is 0.335 e. The largest absolute Gasteiger partial charge is 0.493 e. The Balaban J connectivity index is 2.39. The van der Waals surface area contributed by atoms with Gasteiger partial charge in [-0.3, -0.25) is 0 Å². The first-order chi connectivity index (χ1) is 12.2. The maximum atomic E-state index is 11.9. The third-order valence-corrected chi connectivity index (χ3v) is 4.89. The number of aromatic carboxylic acids is 1. The van der Waals surface area contributed by atoms with Gasteiger partial charge in [0.15, 0.2) is 11.5 Å². The average molecular weight is 380 g/mol. The Bertz CT molecular complexity index is 941. The lowest BCUT2D eigenvalue weighted by Crippen LogP contribution is -2.17. The summed E-state index contributed by atoms with van der Waals surface area (Å²) in [6, 6.07) is 7.58. The molecule has 0 amide bonds. The third kappa shape index (κ3) is 4.24. The molecule has 0 aliphatic rings. The van der Waals surface area contributed by atoms with E-state index in [4.69, 9.17) is 25.5 Å². The minimum atomic E-state index is -4.13. The fraction of sp³-hybridized carbons (Fsp3) is 0.235. The van der Waals surface area contributed by atoms with Gasteiger partial charge in [-0.2, -0.15) is 0 Å². The summed E-state index contributed by atoms with van der Waals surface area (Å²) in [7, 11) is -1.08. The number of carbonyl (C=O) groups is 1. The van der Waals surface area contributed by atoms with E-state index in [9.17, 15) is 13.2 Å². The lowest BCUT2D eigenvalue weighted by Gasteiger charge is -2.13. The lowest BCUT2D eigenvalue weighted by atomic mass is 10.0. The maximum absolute atomic E-state index is 11.9. The van der Waals surface area contributed by atoms with Gasteiger partial charge >= 0.3 is 5.97 Å². The van der Waals surface area contributed by atoms with Crippen LogP contribution in [0.5, 0.6) is 11.5 Å². The van der Waals surface area contributed by atoms with Crippen molar-refractivity contribution in [3.8, 4) is 11.5 Å². The van der Waals surface area contributed by atoms with Crippen molar-refractivity contribution in [2.75, 3.05) is 20.0 Å². The molecule has 0 heterocycles. The zero-order chi connectivity index (χ0) is 19.5. The van der Waals surface area contributed by atoms with Crippen LogP contribution in [-0.4, -0.2) is 33.7 Å². The summed E-state index contributed by atoms with van der Waals surface area (Å²) in [6.45, 7) is 0. The van der Waals surface area contributed by atoms with Gasteiger partial charge in [-0.1, -0.05) is 6.07 Å². The molecule has 0 unspecified atom stereocenters. The molecule has 0 atom stereocenters. The van der Waals surface area contributed by atoms with E-state index in [1.54, 1.807) is 12.1 Å². The Hall–Kier alpha value is -2.78. The van der Waals surface area contributed by atoms with Crippen LogP contribution >= 0.6 is 0 Å². The number of carboxylic acid groups (broad SMARTS) is 1. The van der Waals surface area contributed by atoms with Gasteiger partial charge in [0.25, 0.3) is 0 Å². The van der Waals surface area contributed by atoms with Crippen molar-refractivity contribution in [3.63, 3.8) is 0 Å². The van der Waals surface area contributed by atoms with Gasteiger partial charge in [-0.05, 0) is 48.2 Å². The van der Waals surface area contributed by atoms with E-state index in [1.807, 2.05) is 6.07 Å². The molecule has 26 heavy (non-hydrogen) atoms. The van der Waals surface area contributed by atoms with E-state index in [1.165, 1.54) is 20.3 Å². The van der Waals surface area contributed by atoms with E-state index >= 15 is 0 Å². The molecular weight excluding hydrogens is 360 g/mol. The molecule has 0 aliphatic carbocycles. The van der Waals surface area contributed by atoms with Gasteiger partial charge in [-0.25, -0.2) is 18.4 Å². The molecular formula is C17H20N2O6S. The second-order valence-electron chi connectivity index (χ2n) is 5.58. The quantitative estimate of drug-likeness (QED) is 0.617. The molecule has 0 saturated carbocycles. The number of anilines is 1. The molecule has 0 spiro atoms. The van der Waals surface area contributed by atoms with Gasteiger partial charge in [-0.15, -0.1) is 0 Å². The molecule has 0 aliphatic heterocycles. The van der Waals surface area contributed by atoms with E-state index in [-0.39, 0.29) is 28.1 Å². The first-order valence-electron chi connectivity index (χ1n) is 7.56. The van der Waals surface area contributed by atoms with Gasteiger partial charge in [0, 0.05) is 5.69 Å². The fourth-order valence-corrected chi connectivity index (χ4v) is 3.47. The lowest BCUT2D eigenvalue weighted by molar-refractivity contribution is 0.0696. The number of hydrogen-bond acceptors (Lipinski definition) is 6. The standard InChI is InChI=1S/C17H20N2O6S/c1-24-14-6-4-10(7-15(14)25-2)3-5-12-13(18)8-11(17(20)21)9-16(12)26(19,22)23/h4,6-9H,3,5,18H2,1-2H3,(H,20,21)(H2,19,22,23). The molecule has 0 saturated heterocycles. The molecule has 2 rings (SSSR count). The number of methoxy groups -OCH3 is 2. The number of aryl methyl sites for hydroxylation is 1. The summed E-state index contributed by atoms with van der Waals surface area (Å²) in [5.41, 5.74) is 6.87. The SMILES string of the molecule is COc1ccc(CCc2c(N)cc(C(=O)O)cc2S(N)(=O)=O)cc1OC. The normalized spacial score (nSPS) is 11.2. The Morgan fingerprint density at radius 2 is 1.73 bits per heavy atom. The molecule has 0 radical (unpaired) electrons. The summed E-state index contributed by atoms with van der Waals surface area (Å²) < 4.78 is 34.2. The highest BCUT2D eigenvalue weighted by molar-refractivity contribution is 7.89. The van der Waals surface area contributed by atoms with Crippen molar-refractivity contribution in [1.29, 1.82) is 0 Å². The van der Waals surface area contributed by atoms with Crippen LogP contribution in [0.4, 0.5) is 5.69 Å². The average Bonchev–Trinajstić information content (AvgIpc) is 2.58. The van der Waals surface area contributed by atoms with Crippen LogP contribution < -0.4 is 20.3 Å². The van der Waals surface area contributed by atoms with Crippen LogP contribution in [0.3, 0.4) is 0 Å². The summed E-state index contributed by atoms with van der Waals surface area (Å²) in [5.74, 6) is -0.161. The van der Waals surface area contributed by atoms with Gasteiger partial charge < -0.3 is 20.3 Å². The van der Waals surface area contributed by atoms with Gasteiger partial charge in [0.1, 0.15) is 0 Å². The predicted octanol–water partition coefficient (Wildman–Crippen LogP) is 1.42. The van der Waals surface area contributed by atoms with Crippen molar-refractivity contribution < 1.29 is 27.8 Å². The van der Waals surface area contributed by atoms with E-state index < -0.39 is 16.0 Å². The molecule has 0 fully saturated rings. The minimum Gasteiger partial charge on any atom is -0.493 e. The summed E-state index contributed by atoms with van der Waals surface area (Å²) in [5, 5.41) is 14.3. The number of nitrogens with two attached hydrogens (primary N) is 2. The van der Waals surface area contributed by atoms with Crippen molar-refractivity contribution in [1.82, 2.24) is 0 Å². The molecule has 140 valence electrons. The zero-order valence-corrected chi connectivity index (χ0v) is 15.2. The predicted molar refractivity (Wildman–Crippen MR) is 96.1 cm³/mol. The minimum absolute atomic E-state index is 0.0643. The summed E-state index contributed by atoms with van der Waals surface area (Å²) >= 11 is 0. The Morgan fingerprint density at radius 3 is 2.27 bits per heavy atom. The number of sulfonamides is 1. The van der Waals surface area contributed by atoms with Crippen LogP contribution in [0.25, 0.3) is 0 Å².